The van der Waals surface area contributed by atoms with E-state index in [4.69, 9.17) is 10.5 Å². The summed E-state index contributed by atoms with van der Waals surface area (Å²) in [6, 6.07) is 18.2. The van der Waals surface area contributed by atoms with Crippen LogP contribution in [0.15, 0.2) is 64.8 Å². The minimum Gasteiger partial charge on any atom is -0.377 e. The maximum atomic E-state index is 5.91. The van der Waals surface area contributed by atoms with Crippen LogP contribution in [0.3, 0.4) is 0 Å². The lowest BCUT2D eigenvalue weighted by Gasteiger charge is -2.11. The molecule has 5 heteroatoms. The molecule has 0 radical (unpaired) electrons. The average molecular weight is 356 g/mol. The normalized spacial score (nSPS) is 13.3. The quantitative estimate of drug-likeness (QED) is 0.428. The Morgan fingerprint density at radius 2 is 1.88 bits per heavy atom. The zero-order valence-electron chi connectivity index (χ0n) is 14.8. The lowest BCUT2D eigenvalue weighted by Crippen LogP contribution is -2.07. The van der Waals surface area contributed by atoms with Crippen LogP contribution in [0, 0.1) is 0 Å². The van der Waals surface area contributed by atoms with Crippen molar-refractivity contribution in [3.05, 3.63) is 71.3 Å². The molecule has 4 nitrogen and oxygen atoms in total. The number of nitrogens with zero attached hydrogens (tertiary/aromatic N) is 2. The average Bonchev–Trinajstić information content (AvgIpc) is 2.66. The van der Waals surface area contributed by atoms with Gasteiger partial charge >= 0.3 is 0 Å². The summed E-state index contributed by atoms with van der Waals surface area (Å²) < 4.78 is 5.81. The molecule has 0 saturated carbocycles. The van der Waals surface area contributed by atoms with Crippen LogP contribution in [-0.4, -0.2) is 17.5 Å². The van der Waals surface area contributed by atoms with Crippen molar-refractivity contribution in [2.75, 3.05) is 0 Å². The molecule has 2 rings (SSSR count). The molecule has 0 fully saturated rings. The predicted molar refractivity (Wildman–Crippen MR) is 108 cm³/mol. The van der Waals surface area contributed by atoms with Gasteiger partial charge in [-0.05, 0) is 24.5 Å². The highest BCUT2D eigenvalue weighted by atomic mass is 32.2. The van der Waals surface area contributed by atoms with Crippen molar-refractivity contribution < 1.29 is 4.74 Å². The van der Waals surface area contributed by atoms with Crippen LogP contribution in [0.1, 0.15) is 37.0 Å². The fraction of sp³-hybridized carbons (Fsp3) is 0.300. The summed E-state index contributed by atoms with van der Waals surface area (Å²) >= 11 is 1.48. The van der Waals surface area contributed by atoms with Gasteiger partial charge in [0.1, 0.15) is 0 Å². The van der Waals surface area contributed by atoms with Crippen LogP contribution in [0.25, 0.3) is 0 Å². The Balaban J connectivity index is 1.92. The third-order valence-electron chi connectivity index (χ3n) is 3.74. The molecule has 0 heterocycles. The van der Waals surface area contributed by atoms with Gasteiger partial charge in [0.2, 0.25) is 0 Å². The standard InChI is InChI=1S/C20H25N3OS/c1-3-16(2)24-14-19-12-8-7-11-18(19)13-22-23-20(21)25-15-17-9-5-4-6-10-17/h4-13,16H,3,14-15H2,1-2H3,(H2,21,23). The zero-order chi connectivity index (χ0) is 17.9. The lowest BCUT2D eigenvalue weighted by molar-refractivity contribution is 0.0508. The lowest BCUT2D eigenvalue weighted by atomic mass is 10.1. The molecular formula is C20H25N3OS. The van der Waals surface area contributed by atoms with E-state index in [-0.39, 0.29) is 6.10 Å². The fourth-order valence-corrected chi connectivity index (χ4v) is 2.66. The minimum absolute atomic E-state index is 0.244. The van der Waals surface area contributed by atoms with E-state index >= 15 is 0 Å². The van der Waals surface area contributed by atoms with E-state index in [9.17, 15) is 0 Å². The number of benzene rings is 2. The largest absolute Gasteiger partial charge is 0.377 e. The first-order chi connectivity index (χ1) is 12.2. The van der Waals surface area contributed by atoms with Gasteiger partial charge in [0.15, 0.2) is 5.17 Å². The van der Waals surface area contributed by atoms with Gasteiger partial charge < -0.3 is 10.5 Å². The molecule has 2 N–H and O–H groups in total. The van der Waals surface area contributed by atoms with E-state index in [0.29, 0.717) is 11.8 Å². The monoisotopic (exact) mass is 355 g/mol. The number of thioether (sulfide) groups is 1. The van der Waals surface area contributed by atoms with Crippen molar-refractivity contribution in [2.45, 2.75) is 38.7 Å². The van der Waals surface area contributed by atoms with Crippen molar-refractivity contribution in [2.24, 2.45) is 15.9 Å². The summed E-state index contributed by atoms with van der Waals surface area (Å²) in [5.74, 6) is 0.783. The van der Waals surface area contributed by atoms with Crippen molar-refractivity contribution in [1.29, 1.82) is 0 Å². The Bertz CT molecular complexity index is 701. The minimum atomic E-state index is 0.244. The molecule has 0 spiro atoms. The Kier molecular flexibility index (Phi) is 8.22. The summed E-state index contributed by atoms with van der Waals surface area (Å²) in [5.41, 5.74) is 9.22. The molecule has 0 saturated heterocycles. The molecule has 0 aliphatic rings. The van der Waals surface area contributed by atoms with Crippen LogP contribution >= 0.6 is 11.8 Å². The second-order valence-corrected chi connectivity index (χ2v) is 6.68. The van der Waals surface area contributed by atoms with Gasteiger partial charge in [0, 0.05) is 11.3 Å². The van der Waals surface area contributed by atoms with Crippen LogP contribution in [-0.2, 0) is 17.1 Å². The molecule has 0 aromatic heterocycles. The molecule has 0 bridgehead atoms. The highest BCUT2D eigenvalue weighted by molar-refractivity contribution is 8.13. The van der Waals surface area contributed by atoms with E-state index in [1.54, 1.807) is 6.21 Å². The van der Waals surface area contributed by atoms with Crippen LogP contribution in [0.4, 0.5) is 0 Å². The molecule has 25 heavy (non-hydrogen) atoms. The third-order valence-corrected chi connectivity index (χ3v) is 4.59. The molecule has 0 amide bonds. The molecular weight excluding hydrogens is 330 g/mol. The van der Waals surface area contributed by atoms with Gasteiger partial charge in [0.05, 0.1) is 18.9 Å². The fourth-order valence-electron chi connectivity index (χ4n) is 2.05. The maximum Gasteiger partial charge on any atom is 0.180 e. The van der Waals surface area contributed by atoms with Crippen LogP contribution < -0.4 is 5.73 Å². The first-order valence-electron chi connectivity index (χ1n) is 8.41. The molecule has 0 aliphatic carbocycles. The van der Waals surface area contributed by atoms with E-state index in [1.807, 2.05) is 42.5 Å². The van der Waals surface area contributed by atoms with Gasteiger partial charge in [-0.25, -0.2) is 0 Å². The van der Waals surface area contributed by atoms with E-state index in [2.05, 4.69) is 36.2 Å². The van der Waals surface area contributed by atoms with Crippen molar-refractivity contribution in [1.82, 2.24) is 0 Å². The molecule has 0 aliphatic heterocycles. The van der Waals surface area contributed by atoms with Crippen molar-refractivity contribution in [3.63, 3.8) is 0 Å². The first kappa shape index (κ1) is 19.2. The number of rotatable bonds is 8. The smallest absolute Gasteiger partial charge is 0.180 e. The van der Waals surface area contributed by atoms with Crippen molar-refractivity contribution in [3.8, 4) is 0 Å². The summed E-state index contributed by atoms with van der Waals surface area (Å²) in [7, 11) is 0. The molecule has 132 valence electrons. The number of nitrogens with two attached hydrogens (primary N) is 1. The Hall–Kier alpha value is -2.11. The summed E-state index contributed by atoms with van der Waals surface area (Å²) in [5, 5.41) is 8.65. The van der Waals surface area contributed by atoms with E-state index < -0.39 is 0 Å². The van der Waals surface area contributed by atoms with Gasteiger partial charge in [-0.15, -0.1) is 5.10 Å². The highest BCUT2D eigenvalue weighted by Crippen LogP contribution is 2.12. The number of ether oxygens (including phenoxy) is 1. The zero-order valence-corrected chi connectivity index (χ0v) is 15.6. The molecule has 1 unspecified atom stereocenters. The Labute approximate surface area is 154 Å². The summed E-state index contributed by atoms with van der Waals surface area (Å²) in [6.45, 7) is 4.76. The Morgan fingerprint density at radius 3 is 2.64 bits per heavy atom. The van der Waals surface area contributed by atoms with Gasteiger partial charge in [-0.2, -0.15) is 5.10 Å². The number of hydrogen-bond acceptors (Lipinski definition) is 4. The molecule has 2 aromatic carbocycles. The summed E-state index contributed by atoms with van der Waals surface area (Å²) in [4.78, 5) is 0. The topological polar surface area (TPSA) is 60.0 Å². The number of amidine groups is 1. The van der Waals surface area contributed by atoms with Crippen LogP contribution in [0.5, 0.6) is 0 Å². The van der Waals surface area contributed by atoms with Gasteiger partial charge in [0.25, 0.3) is 0 Å². The second kappa shape index (κ2) is 10.7. The summed E-state index contributed by atoms with van der Waals surface area (Å²) in [6.07, 6.45) is 2.97. The van der Waals surface area contributed by atoms with Gasteiger partial charge in [-0.3, -0.25) is 0 Å². The highest BCUT2D eigenvalue weighted by Gasteiger charge is 2.03. The van der Waals surface area contributed by atoms with E-state index in [0.717, 1.165) is 23.3 Å². The SMILES string of the molecule is CCC(C)OCc1ccccc1C=NN=C(N)SCc1ccccc1. The first-order valence-corrected chi connectivity index (χ1v) is 9.40. The molecule has 1 atom stereocenters. The second-order valence-electron chi connectivity index (χ2n) is 5.69. The number of hydrogen-bond donors (Lipinski definition) is 1. The maximum absolute atomic E-state index is 5.91. The van der Waals surface area contributed by atoms with E-state index in [1.165, 1.54) is 17.3 Å². The molecule has 2 aromatic rings. The third kappa shape index (κ3) is 7.11. The predicted octanol–water partition coefficient (Wildman–Crippen LogP) is 4.58. The Morgan fingerprint density at radius 1 is 1.16 bits per heavy atom. The van der Waals surface area contributed by atoms with Crippen molar-refractivity contribution >= 4 is 23.1 Å². The van der Waals surface area contributed by atoms with Gasteiger partial charge in [-0.1, -0.05) is 73.3 Å². The van der Waals surface area contributed by atoms with Crippen LogP contribution in [0.2, 0.25) is 0 Å².